The Balaban J connectivity index is 1.39. The standard InChI is InChI=1S/C25H25N3O2S/c1-25(2,3)19-7-11-21(12-8-19)27-20-9-4-17(5-10-20)15-28(30)24(29)18-6-13-22-23(14-18)31-16-26-22/h4-14,16,27,30H,15H2,1-3H3. The van der Waals surface area contributed by atoms with Crippen molar-refractivity contribution in [3.8, 4) is 0 Å². The number of hydroxylamine groups is 2. The Morgan fingerprint density at radius 3 is 2.29 bits per heavy atom. The summed E-state index contributed by atoms with van der Waals surface area (Å²) in [5.41, 5.74) is 7.24. The number of aromatic nitrogens is 1. The normalized spacial score (nSPS) is 11.5. The molecule has 0 atom stereocenters. The van der Waals surface area contributed by atoms with Crippen molar-refractivity contribution in [3.05, 3.63) is 88.9 Å². The van der Waals surface area contributed by atoms with Crippen molar-refractivity contribution in [2.24, 2.45) is 0 Å². The van der Waals surface area contributed by atoms with E-state index in [0.717, 1.165) is 32.2 Å². The number of hydrogen-bond acceptors (Lipinski definition) is 5. The predicted octanol–water partition coefficient (Wildman–Crippen LogP) is 6.37. The highest BCUT2D eigenvalue weighted by Crippen LogP contribution is 2.25. The van der Waals surface area contributed by atoms with E-state index < -0.39 is 5.91 Å². The summed E-state index contributed by atoms with van der Waals surface area (Å²) in [5, 5.41) is 14.4. The van der Waals surface area contributed by atoms with Crippen LogP contribution in [-0.2, 0) is 12.0 Å². The van der Waals surface area contributed by atoms with E-state index in [1.807, 2.05) is 24.3 Å². The number of nitrogens with zero attached hydrogens (tertiary/aromatic N) is 2. The van der Waals surface area contributed by atoms with Crippen LogP contribution in [-0.4, -0.2) is 21.2 Å². The zero-order valence-corrected chi connectivity index (χ0v) is 18.6. The Morgan fingerprint density at radius 1 is 1.00 bits per heavy atom. The van der Waals surface area contributed by atoms with Gasteiger partial charge < -0.3 is 5.32 Å². The second kappa shape index (κ2) is 8.49. The molecule has 0 unspecified atom stereocenters. The molecule has 1 amide bonds. The lowest BCUT2D eigenvalue weighted by atomic mass is 9.87. The molecular formula is C25H25N3O2S. The van der Waals surface area contributed by atoms with E-state index in [1.165, 1.54) is 16.9 Å². The van der Waals surface area contributed by atoms with E-state index in [9.17, 15) is 10.0 Å². The summed E-state index contributed by atoms with van der Waals surface area (Å²) in [6, 6.07) is 21.3. The molecule has 158 valence electrons. The zero-order chi connectivity index (χ0) is 22.0. The fourth-order valence-corrected chi connectivity index (χ4v) is 4.01. The number of benzene rings is 3. The fraction of sp³-hybridized carbons (Fsp3) is 0.200. The zero-order valence-electron chi connectivity index (χ0n) is 17.8. The van der Waals surface area contributed by atoms with Crippen LogP contribution in [0.3, 0.4) is 0 Å². The van der Waals surface area contributed by atoms with Crippen LogP contribution in [0, 0.1) is 0 Å². The van der Waals surface area contributed by atoms with E-state index in [1.54, 1.807) is 23.7 Å². The topological polar surface area (TPSA) is 65.5 Å². The Bertz CT molecular complexity index is 1190. The molecule has 0 bridgehead atoms. The van der Waals surface area contributed by atoms with Crippen LogP contribution in [0.4, 0.5) is 11.4 Å². The smallest absolute Gasteiger partial charge is 0.277 e. The van der Waals surface area contributed by atoms with Gasteiger partial charge in [0.1, 0.15) is 0 Å². The summed E-state index contributed by atoms with van der Waals surface area (Å²) in [7, 11) is 0. The van der Waals surface area contributed by atoms with Gasteiger partial charge in [0.05, 0.1) is 22.3 Å². The van der Waals surface area contributed by atoms with Crippen molar-refractivity contribution in [1.82, 2.24) is 10.0 Å². The van der Waals surface area contributed by atoms with Crippen LogP contribution >= 0.6 is 11.3 Å². The van der Waals surface area contributed by atoms with Crippen molar-refractivity contribution in [1.29, 1.82) is 0 Å². The van der Waals surface area contributed by atoms with E-state index in [0.29, 0.717) is 5.56 Å². The van der Waals surface area contributed by atoms with Crippen molar-refractivity contribution in [3.63, 3.8) is 0 Å². The first-order valence-electron chi connectivity index (χ1n) is 10.1. The van der Waals surface area contributed by atoms with E-state index >= 15 is 0 Å². The largest absolute Gasteiger partial charge is 0.356 e. The maximum absolute atomic E-state index is 12.6. The first-order chi connectivity index (χ1) is 14.8. The highest BCUT2D eigenvalue weighted by molar-refractivity contribution is 7.16. The van der Waals surface area contributed by atoms with Gasteiger partial charge in [0.15, 0.2) is 0 Å². The predicted molar refractivity (Wildman–Crippen MR) is 126 cm³/mol. The van der Waals surface area contributed by atoms with Gasteiger partial charge in [-0.3, -0.25) is 10.0 Å². The summed E-state index contributed by atoms with van der Waals surface area (Å²) in [6.07, 6.45) is 0. The number of anilines is 2. The van der Waals surface area contributed by atoms with Crippen LogP contribution in [0.1, 0.15) is 42.3 Å². The van der Waals surface area contributed by atoms with Crippen LogP contribution < -0.4 is 5.32 Å². The molecule has 3 aromatic carbocycles. The third kappa shape index (κ3) is 4.93. The molecule has 0 saturated carbocycles. The molecule has 31 heavy (non-hydrogen) atoms. The van der Waals surface area contributed by atoms with Crippen molar-refractivity contribution in [2.45, 2.75) is 32.7 Å². The summed E-state index contributed by atoms with van der Waals surface area (Å²) >= 11 is 1.47. The molecule has 0 aliphatic rings. The molecule has 0 fully saturated rings. The van der Waals surface area contributed by atoms with Gasteiger partial charge in [0.2, 0.25) is 0 Å². The molecule has 1 heterocycles. The Kier molecular flexibility index (Phi) is 5.76. The summed E-state index contributed by atoms with van der Waals surface area (Å²) in [4.78, 5) is 16.8. The minimum atomic E-state index is -0.434. The van der Waals surface area contributed by atoms with Gasteiger partial charge in [0, 0.05) is 16.9 Å². The molecule has 0 saturated heterocycles. The Hall–Kier alpha value is -3.22. The van der Waals surface area contributed by atoms with Crippen molar-refractivity contribution < 1.29 is 10.0 Å². The van der Waals surface area contributed by atoms with Gasteiger partial charge in [0.25, 0.3) is 5.91 Å². The van der Waals surface area contributed by atoms with Crippen LogP contribution in [0.15, 0.2) is 72.2 Å². The Morgan fingerprint density at radius 2 is 1.65 bits per heavy atom. The quantitative estimate of drug-likeness (QED) is 0.285. The number of amides is 1. The van der Waals surface area contributed by atoms with Gasteiger partial charge in [-0.25, -0.2) is 10.0 Å². The molecule has 6 heteroatoms. The number of hydrogen-bond donors (Lipinski definition) is 2. The summed E-state index contributed by atoms with van der Waals surface area (Å²) in [6.45, 7) is 6.70. The van der Waals surface area contributed by atoms with Crippen LogP contribution in [0.25, 0.3) is 10.2 Å². The maximum atomic E-state index is 12.6. The Labute approximate surface area is 185 Å². The van der Waals surface area contributed by atoms with Crippen molar-refractivity contribution >= 4 is 38.8 Å². The second-order valence-corrected chi connectivity index (χ2v) is 9.43. The van der Waals surface area contributed by atoms with E-state index in [4.69, 9.17) is 0 Å². The number of fused-ring (bicyclic) bond motifs is 1. The fourth-order valence-electron chi connectivity index (χ4n) is 3.30. The average molecular weight is 432 g/mol. The molecule has 4 rings (SSSR count). The third-order valence-corrected chi connectivity index (χ3v) is 5.93. The minimum Gasteiger partial charge on any atom is -0.356 e. The third-order valence-electron chi connectivity index (χ3n) is 5.14. The SMILES string of the molecule is CC(C)(C)c1ccc(Nc2ccc(CN(O)C(=O)c3ccc4ncsc4c3)cc2)cc1. The molecule has 0 spiro atoms. The van der Waals surface area contributed by atoms with E-state index in [2.05, 4.69) is 55.3 Å². The first-order valence-corrected chi connectivity index (χ1v) is 11.0. The number of carbonyl (C=O) groups is 1. The number of rotatable bonds is 5. The minimum absolute atomic E-state index is 0.111. The number of thiazole rings is 1. The average Bonchev–Trinajstić information content (AvgIpc) is 3.22. The molecule has 2 N–H and O–H groups in total. The maximum Gasteiger partial charge on any atom is 0.277 e. The van der Waals surface area contributed by atoms with Crippen LogP contribution in [0.5, 0.6) is 0 Å². The van der Waals surface area contributed by atoms with Gasteiger partial charge in [-0.1, -0.05) is 45.0 Å². The monoisotopic (exact) mass is 431 g/mol. The second-order valence-electron chi connectivity index (χ2n) is 8.55. The lowest BCUT2D eigenvalue weighted by Crippen LogP contribution is -2.26. The molecule has 0 aliphatic carbocycles. The molecule has 0 radical (unpaired) electrons. The molecule has 4 aromatic rings. The number of nitrogens with one attached hydrogen (secondary N) is 1. The molecule has 1 aromatic heterocycles. The van der Waals surface area contributed by atoms with Gasteiger partial charge in [-0.05, 0) is 59.0 Å². The van der Waals surface area contributed by atoms with Crippen molar-refractivity contribution in [2.75, 3.05) is 5.32 Å². The highest BCUT2D eigenvalue weighted by atomic mass is 32.1. The lowest BCUT2D eigenvalue weighted by Gasteiger charge is -2.19. The summed E-state index contributed by atoms with van der Waals surface area (Å²) in [5.74, 6) is -0.434. The van der Waals surface area contributed by atoms with Gasteiger partial charge in [-0.15, -0.1) is 11.3 Å². The van der Waals surface area contributed by atoms with E-state index in [-0.39, 0.29) is 12.0 Å². The first kappa shape index (κ1) is 21.0. The molecule has 5 nitrogen and oxygen atoms in total. The number of carbonyl (C=O) groups excluding carboxylic acids is 1. The summed E-state index contributed by atoms with van der Waals surface area (Å²) < 4.78 is 0.921. The lowest BCUT2D eigenvalue weighted by molar-refractivity contribution is -0.0647. The molecule has 0 aliphatic heterocycles. The van der Waals surface area contributed by atoms with Crippen LogP contribution in [0.2, 0.25) is 0 Å². The van der Waals surface area contributed by atoms with Gasteiger partial charge >= 0.3 is 0 Å². The molecular weight excluding hydrogens is 406 g/mol. The highest BCUT2D eigenvalue weighted by Gasteiger charge is 2.15. The van der Waals surface area contributed by atoms with Gasteiger partial charge in [-0.2, -0.15) is 0 Å².